The largest absolute Gasteiger partial charge is 0.325 e. The number of carbonyl (C=O) groups is 1. The molecule has 1 atom stereocenters. The Bertz CT molecular complexity index is 763. The Balaban J connectivity index is 2.07. The zero-order valence-electron chi connectivity index (χ0n) is 12.3. The topological polar surface area (TPSA) is 87.7 Å². The predicted molar refractivity (Wildman–Crippen MR) is 87.5 cm³/mol. The summed E-state index contributed by atoms with van der Waals surface area (Å²) in [5.74, 6) is -0.210. The highest BCUT2D eigenvalue weighted by Crippen LogP contribution is 2.23. The number of aromatic amines is 1. The first kappa shape index (κ1) is 16.5. The van der Waals surface area contributed by atoms with Crippen LogP contribution in [0.4, 0.5) is 5.69 Å². The van der Waals surface area contributed by atoms with E-state index < -0.39 is 5.25 Å². The summed E-state index contributed by atoms with van der Waals surface area (Å²) in [4.78, 5) is 26.3. The minimum Gasteiger partial charge on any atom is -0.325 e. The van der Waals surface area contributed by atoms with E-state index in [2.05, 4.69) is 20.5 Å². The molecule has 0 saturated carbocycles. The Morgan fingerprint density at radius 3 is 2.77 bits per heavy atom. The van der Waals surface area contributed by atoms with Crippen LogP contribution in [-0.2, 0) is 4.79 Å². The van der Waals surface area contributed by atoms with Gasteiger partial charge in [-0.25, -0.2) is 0 Å². The molecular weight excluding hydrogens is 324 g/mol. The van der Waals surface area contributed by atoms with Crippen molar-refractivity contribution in [1.29, 1.82) is 0 Å². The molecule has 2 rings (SSSR count). The summed E-state index contributed by atoms with van der Waals surface area (Å²) in [6, 6.07) is 5.29. The molecule has 0 aliphatic rings. The molecule has 0 bridgehead atoms. The summed E-state index contributed by atoms with van der Waals surface area (Å²) in [5, 5.41) is 10.8. The third-order valence-electron chi connectivity index (χ3n) is 2.96. The number of carbonyl (C=O) groups excluding carboxylic acids is 1. The maximum Gasteiger partial charge on any atom is 0.273 e. The van der Waals surface area contributed by atoms with E-state index in [4.69, 9.17) is 11.6 Å². The number of benzene rings is 1. The molecule has 1 aromatic carbocycles. The van der Waals surface area contributed by atoms with Crippen molar-refractivity contribution in [3.63, 3.8) is 0 Å². The molecule has 8 heteroatoms. The molecule has 0 aliphatic heterocycles. The van der Waals surface area contributed by atoms with Crippen LogP contribution in [-0.4, -0.2) is 26.3 Å². The summed E-state index contributed by atoms with van der Waals surface area (Å²) in [5.41, 5.74) is 1.55. The minimum absolute atomic E-state index is 0.210. The lowest BCUT2D eigenvalue weighted by Gasteiger charge is -2.13. The number of hydrogen-bond donors (Lipinski definition) is 2. The van der Waals surface area contributed by atoms with Crippen LogP contribution in [0, 0.1) is 13.8 Å². The number of aromatic nitrogens is 3. The molecule has 6 nitrogen and oxygen atoms in total. The molecular formula is C14H15ClN4O2S. The number of H-pyrrole nitrogens is 1. The lowest BCUT2D eigenvalue weighted by atomic mass is 10.2. The number of hydrogen-bond acceptors (Lipinski definition) is 5. The maximum atomic E-state index is 12.2. The number of aryl methyl sites for hydroxylation is 2. The highest BCUT2D eigenvalue weighted by molar-refractivity contribution is 8.00. The molecule has 0 unspecified atom stereocenters. The predicted octanol–water partition coefficient (Wildman–Crippen LogP) is 2.55. The summed E-state index contributed by atoms with van der Waals surface area (Å²) in [6.07, 6.45) is 0. The summed E-state index contributed by atoms with van der Waals surface area (Å²) >= 11 is 7.06. The number of anilines is 1. The Kier molecular flexibility index (Phi) is 5.20. The van der Waals surface area contributed by atoms with Crippen molar-refractivity contribution < 1.29 is 4.79 Å². The molecule has 0 saturated heterocycles. The van der Waals surface area contributed by atoms with Crippen molar-refractivity contribution in [3.05, 3.63) is 44.8 Å². The zero-order valence-corrected chi connectivity index (χ0v) is 13.9. The number of nitrogens with one attached hydrogen (secondary N) is 2. The molecule has 1 aromatic heterocycles. The van der Waals surface area contributed by atoms with Gasteiger partial charge in [-0.1, -0.05) is 29.4 Å². The molecule has 2 aromatic rings. The van der Waals surface area contributed by atoms with Gasteiger partial charge in [-0.15, -0.1) is 10.2 Å². The van der Waals surface area contributed by atoms with Crippen molar-refractivity contribution in [2.75, 3.05) is 5.32 Å². The molecule has 22 heavy (non-hydrogen) atoms. The molecule has 2 N–H and O–H groups in total. The van der Waals surface area contributed by atoms with Gasteiger partial charge in [0, 0.05) is 10.7 Å². The summed E-state index contributed by atoms with van der Waals surface area (Å²) < 4.78 is 0. The highest BCUT2D eigenvalue weighted by Gasteiger charge is 2.17. The fourth-order valence-electron chi connectivity index (χ4n) is 1.62. The van der Waals surface area contributed by atoms with Gasteiger partial charge < -0.3 is 5.32 Å². The van der Waals surface area contributed by atoms with Gasteiger partial charge in [0.2, 0.25) is 5.91 Å². The van der Waals surface area contributed by atoms with Crippen LogP contribution in [0.25, 0.3) is 0 Å². The average molecular weight is 339 g/mol. The number of amides is 1. The van der Waals surface area contributed by atoms with E-state index in [0.29, 0.717) is 15.9 Å². The molecule has 0 radical (unpaired) electrons. The molecule has 116 valence electrons. The van der Waals surface area contributed by atoms with E-state index >= 15 is 0 Å². The van der Waals surface area contributed by atoms with Crippen molar-refractivity contribution in [2.45, 2.75) is 31.2 Å². The van der Waals surface area contributed by atoms with Gasteiger partial charge in [0.05, 0.1) is 5.25 Å². The van der Waals surface area contributed by atoms with Crippen LogP contribution < -0.4 is 10.9 Å². The Labute approximate surface area is 136 Å². The van der Waals surface area contributed by atoms with Gasteiger partial charge in [0.1, 0.15) is 5.69 Å². The zero-order chi connectivity index (χ0) is 16.3. The fraction of sp³-hybridized carbons (Fsp3) is 0.286. The summed E-state index contributed by atoms with van der Waals surface area (Å²) in [7, 11) is 0. The van der Waals surface area contributed by atoms with Crippen molar-refractivity contribution in [2.24, 2.45) is 0 Å². The Morgan fingerprint density at radius 1 is 1.36 bits per heavy atom. The monoisotopic (exact) mass is 338 g/mol. The second-order valence-corrected chi connectivity index (χ2v) is 6.52. The second-order valence-electron chi connectivity index (χ2n) is 4.75. The smallest absolute Gasteiger partial charge is 0.273 e. The molecule has 1 amide bonds. The standard InChI is InChI=1S/C14H15ClN4O2S/c1-7-4-5-10(15)6-11(7)16-13(21)9(3)22-14-17-12(20)8(2)18-19-14/h4-6,9H,1-3H3,(H,16,21)(H,17,19,20)/t9-/m0/s1. The van der Waals surface area contributed by atoms with Gasteiger partial charge in [-0.2, -0.15) is 0 Å². The van der Waals surface area contributed by atoms with Gasteiger partial charge in [0.15, 0.2) is 5.16 Å². The minimum atomic E-state index is -0.453. The van der Waals surface area contributed by atoms with Crippen LogP contribution in [0.1, 0.15) is 18.2 Å². The Hall–Kier alpha value is -1.86. The normalized spacial score (nSPS) is 12.0. The van der Waals surface area contributed by atoms with E-state index in [-0.39, 0.29) is 17.2 Å². The van der Waals surface area contributed by atoms with Gasteiger partial charge in [-0.3, -0.25) is 14.6 Å². The third-order valence-corrected chi connectivity index (χ3v) is 4.16. The van der Waals surface area contributed by atoms with Crippen molar-refractivity contribution >= 4 is 35.0 Å². The van der Waals surface area contributed by atoms with E-state index in [0.717, 1.165) is 17.3 Å². The van der Waals surface area contributed by atoms with Crippen molar-refractivity contribution in [1.82, 2.24) is 15.2 Å². The number of nitrogens with zero attached hydrogens (tertiary/aromatic N) is 2. The van der Waals surface area contributed by atoms with Crippen LogP contribution >= 0.6 is 23.4 Å². The van der Waals surface area contributed by atoms with E-state index in [1.165, 1.54) is 0 Å². The molecule has 0 fully saturated rings. The van der Waals surface area contributed by atoms with Crippen LogP contribution in [0.15, 0.2) is 28.2 Å². The van der Waals surface area contributed by atoms with Gasteiger partial charge in [-0.05, 0) is 38.5 Å². The first-order chi connectivity index (χ1) is 10.4. The van der Waals surface area contributed by atoms with E-state index in [1.807, 2.05) is 13.0 Å². The first-order valence-electron chi connectivity index (χ1n) is 6.54. The average Bonchev–Trinajstić information content (AvgIpc) is 2.46. The highest BCUT2D eigenvalue weighted by atomic mass is 35.5. The number of halogens is 1. The third kappa shape index (κ3) is 4.08. The second kappa shape index (κ2) is 6.93. The van der Waals surface area contributed by atoms with Crippen LogP contribution in [0.3, 0.4) is 0 Å². The van der Waals surface area contributed by atoms with Gasteiger partial charge >= 0.3 is 0 Å². The van der Waals surface area contributed by atoms with Crippen LogP contribution in [0.5, 0.6) is 0 Å². The number of thioether (sulfide) groups is 1. The van der Waals surface area contributed by atoms with E-state index in [1.54, 1.807) is 26.0 Å². The summed E-state index contributed by atoms with van der Waals surface area (Å²) in [6.45, 7) is 5.17. The SMILES string of the molecule is Cc1ccc(Cl)cc1NC(=O)[C@H](C)Sc1nnc(C)c(=O)[nH]1. The van der Waals surface area contributed by atoms with Crippen molar-refractivity contribution in [3.8, 4) is 0 Å². The lowest BCUT2D eigenvalue weighted by molar-refractivity contribution is -0.115. The fourth-order valence-corrected chi connectivity index (χ4v) is 2.53. The first-order valence-corrected chi connectivity index (χ1v) is 7.80. The Morgan fingerprint density at radius 2 is 2.09 bits per heavy atom. The molecule has 0 aliphatic carbocycles. The van der Waals surface area contributed by atoms with E-state index in [9.17, 15) is 9.59 Å². The lowest BCUT2D eigenvalue weighted by Crippen LogP contribution is -2.24. The van der Waals surface area contributed by atoms with Gasteiger partial charge in [0.25, 0.3) is 5.56 Å². The molecule has 1 heterocycles. The molecule has 0 spiro atoms. The van der Waals surface area contributed by atoms with Crippen LogP contribution in [0.2, 0.25) is 5.02 Å². The number of rotatable bonds is 4. The maximum absolute atomic E-state index is 12.2. The quantitative estimate of drug-likeness (QED) is 0.836.